The Kier molecular flexibility index (Phi) is 6.74. The second-order valence-corrected chi connectivity index (χ2v) is 7.19. The molecule has 6 heteroatoms. The van der Waals surface area contributed by atoms with Crippen LogP contribution in [0.25, 0.3) is 0 Å². The molecule has 2 N–H and O–H groups in total. The van der Waals surface area contributed by atoms with Gasteiger partial charge in [-0.05, 0) is 58.7 Å². The van der Waals surface area contributed by atoms with E-state index in [1.54, 1.807) is 0 Å². The molecule has 1 heterocycles. The SMILES string of the molecule is CC1(C)CN(C(=O)COc2ccc(I)cc2)CCC1N.Cl. The maximum Gasteiger partial charge on any atom is 0.260 e. The summed E-state index contributed by atoms with van der Waals surface area (Å²) < 4.78 is 6.69. The monoisotopic (exact) mass is 424 g/mol. The molecule has 1 aromatic carbocycles. The Hall–Kier alpha value is -0.530. The average molecular weight is 425 g/mol. The summed E-state index contributed by atoms with van der Waals surface area (Å²) in [5.74, 6) is 0.760. The van der Waals surface area contributed by atoms with Crippen molar-refractivity contribution in [3.8, 4) is 5.75 Å². The molecule has 21 heavy (non-hydrogen) atoms. The number of carbonyl (C=O) groups is 1. The molecule has 0 aromatic heterocycles. The first-order valence-corrected chi connectivity index (χ1v) is 7.88. The fraction of sp³-hybridized carbons (Fsp3) is 0.533. The van der Waals surface area contributed by atoms with Gasteiger partial charge >= 0.3 is 0 Å². The molecule has 1 amide bonds. The number of nitrogens with zero attached hydrogens (tertiary/aromatic N) is 1. The molecular weight excluding hydrogens is 403 g/mol. The van der Waals surface area contributed by atoms with Gasteiger partial charge in [-0.1, -0.05) is 13.8 Å². The normalized spacial score (nSPS) is 20.6. The Morgan fingerprint density at radius 3 is 2.62 bits per heavy atom. The second kappa shape index (κ2) is 7.65. The van der Waals surface area contributed by atoms with Crippen molar-refractivity contribution < 1.29 is 9.53 Å². The molecule has 4 nitrogen and oxygen atoms in total. The predicted molar refractivity (Wildman–Crippen MR) is 94.9 cm³/mol. The summed E-state index contributed by atoms with van der Waals surface area (Å²) in [4.78, 5) is 14.0. The first-order valence-electron chi connectivity index (χ1n) is 6.80. The van der Waals surface area contributed by atoms with E-state index in [0.29, 0.717) is 6.54 Å². The van der Waals surface area contributed by atoms with Crippen molar-refractivity contribution in [2.75, 3.05) is 19.7 Å². The molecule has 1 atom stereocenters. The van der Waals surface area contributed by atoms with Crippen molar-refractivity contribution in [1.82, 2.24) is 4.90 Å². The van der Waals surface area contributed by atoms with Crippen molar-refractivity contribution in [3.63, 3.8) is 0 Å². The van der Waals surface area contributed by atoms with Gasteiger partial charge in [0.05, 0.1) is 0 Å². The molecule has 0 bridgehead atoms. The van der Waals surface area contributed by atoms with Gasteiger partial charge in [0.15, 0.2) is 6.61 Å². The van der Waals surface area contributed by atoms with Crippen molar-refractivity contribution in [1.29, 1.82) is 0 Å². The highest BCUT2D eigenvalue weighted by molar-refractivity contribution is 14.1. The van der Waals surface area contributed by atoms with Crippen LogP contribution < -0.4 is 10.5 Å². The Morgan fingerprint density at radius 1 is 1.43 bits per heavy atom. The van der Waals surface area contributed by atoms with Gasteiger partial charge in [-0.2, -0.15) is 0 Å². The number of nitrogens with two attached hydrogens (primary N) is 1. The second-order valence-electron chi connectivity index (χ2n) is 5.94. The number of carbonyl (C=O) groups excluding carboxylic acids is 1. The minimum atomic E-state index is -0.0310. The third kappa shape index (κ3) is 5.00. The minimum Gasteiger partial charge on any atom is -0.484 e. The van der Waals surface area contributed by atoms with Crippen molar-refractivity contribution in [2.24, 2.45) is 11.1 Å². The van der Waals surface area contributed by atoms with Crippen molar-refractivity contribution in [2.45, 2.75) is 26.3 Å². The summed E-state index contributed by atoms with van der Waals surface area (Å²) in [6, 6.07) is 7.84. The summed E-state index contributed by atoms with van der Waals surface area (Å²) in [6.07, 6.45) is 0.849. The molecule has 1 aliphatic heterocycles. The third-order valence-corrected chi connectivity index (χ3v) is 4.56. The number of benzene rings is 1. The zero-order valence-electron chi connectivity index (χ0n) is 12.3. The van der Waals surface area contributed by atoms with E-state index >= 15 is 0 Å². The summed E-state index contributed by atoms with van der Waals surface area (Å²) in [5.41, 5.74) is 6.05. The van der Waals surface area contributed by atoms with Crippen LogP contribution in [0.3, 0.4) is 0 Å². The number of likely N-dealkylation sites (tertiary alicyclic amines) is 1. The van der Waals surface area contributed by atoms with Gasteiger partial charge in [-0.3, -0.25) is 4.79 Å². The highest BCUT2D eigenvalue weighted by Crippen LogP contribution is 2.27. The Balaban J connectivity index is 0.00000220. The molecule has 0 aliphatic carbocycles. The third-order valence-electron chi connectivity index (χ3n) is 3.84. The van der Waals surface area contributed by atoms with E-state index in [0.717, 1.165) is 22.3 Å². The molecule has 0 radical (unpaired) electrons. The minimum absolute atomic E-state index is 0. The fourth-order valence-electron chi connectivity index (χ4n) is 2.35. The number of halogens is 2. The van der Waals surface area contributed by atoms with E-state index in [4.69, 9.17) is 10.5 Å². The predicted octanol–water partition coefficient (Wildman–Crippen LogP) is 2.68. The Morgan fingerprint density at radius 2 is 2.05 bits per heavy atom. The van der Waals surface area contributed by atoms with Crippen LogP contribution in [0.2, 0.25) is 0 Å². The highest BCUT2D eigenvalue weighted by Gasteiger charge is 2.35. The van der Waals surface area contributed by atoms with E-state index in [-0.39, 0.29) is 36.4 Å². The zero-order chi connectivity index (χ0) is 14.8. The van der Waals surface area contributed by atoms with Crippen LogP contribution >= 0.6 is 35.0 Å². The van der Waals surface area contributed by atoms with Crippen molar-refractivity contribution >= 4 is 40.9 Å². The first kappa shape index (κ1) is 18.5. The van der Waals surface area contributed by atoms with Gasteiger partial charge in [0.2, 0.25) is 0 Å². The van der Waals surface area contributed by atoms with Crippen LogP contribution in [0.15, 0.2) is 24.3 Å². The molecular formula is C15H22ClIN2O2. The summed E-state index contributed by atoms with van der Waals surface area (Å²) in [7, 11) is 0. The maximum absolute atomic E-state index is 12.2. The van der Waals surface area contributed by atoms with Gasteiger partial charge < -0.3 is 15.4 Å². The lowest BCUT2D eigenvalue weighted by molar-refractivity contribution is -0.136. The Bertz CT molecular complexity index is 479. The molecule has 1 aliphatic rings. The number of rotatable bonds is 3. The summed E-state index contributed by atoms with van der Waals surface area (Å²) >= 11 is 2.24. The number of hydrogen-bond donors (Lipinski definition) is 1. The van der Waals surface area contributed by atoms with Crippen LogP contribution in [0.5, 0.6) is 5.75 Å². The Labute approximate surface area is 145 Å². The molecule has 0 spiro atoms. The molecule has 2 rings (SSSR count). The van der Waals surface area contributed by atoms with Crippen molar-refractivity contribution in [3.05, 3.63) is 27.8 Å². The van der Waals surface area contributed by atoms with Crippen LogP contribution in [-0.4, -0.2) is 36.5 Å². The highest BCUT2D eigenvalue weighted by atomic mass is 127. The summed E-state index contributed by atoms with van der Waals surface area (Å²) in [5, 5.41) is 0. The lowest BCUT2D eigenvalue weighted by Gasteiger charge is -2.42. The maximum atomic E-state index is 12.2. The molecule has 1 saturated heterocycles. The zero-order valence-corrected chi connectivity index (χ0v) is 15.3. The molecule has 0 saturated carbocycles. The fourth-order valence-corrected chi connectivity index (χ4v) is 2.71. The lowest BCUT2D eigenvalue weighted by Crippen LogP contribution is -2.54. The number of ether oxygens (including phenoxy) is 1. The van der Waals surface area contributed by atoms with E-state index < -0.39 is 0 Å². The number of piperidine rings is 1. The van der Waals surface area contributed by atoms with Crippen LogP contribution in [0.4, 0.5) is 0 Å². The molecule has 1 fully saturated rings. The standard InChI is InChI=1S/C15H21IN2O2.ClH/c1-15(2)10-18(8-7-13(15)17)14(19)9-20-12-5-3-11(16)4-6-12;/h3-6,13H,7-10,17H2,1-2H3;1H. The van der Waals surface area contributed by atoms with Gasteiger partial charge in [0.25, 0.3) is 5.91 Å². The molecule has 118 valence electrons. The topological polar surface area (TPSA) is 55.6 Å². The quantitative estimate of drug-likeness (QED) is 0.759. The molecule has 1 unspecified atom stereocenters. The number of amides is 1. The van der Waals surface area contributed by atoms with E-state index in [1.807, 2.05) is 29.2 Å². The smallest absolute Gasteiger partial charge is 0.260 e. The van der Waals surface area contributed by atoms with E-state index in [9.17, 15) is 4.79 Å². The average Bonchev–Trinajstić information content (AvgIpc) is 2.41. The van der Waals surface area contributed by atoms with Gasteiger partial charge in [0, 0.05) is 22.7 Å². The van der Waals surface area contributed by atoms with E-state index in [1.165, 1.54) is 0 Å². The van der Waals surface area contributed by atoms with Gasteiger partial charge in [-0.25, -0.2) is 0 Å². The largest absolute Gasteiger partial charge is 0.484 e. The van der Waals surface area contributed by atoms with E-state index in [2.05, 4.69) is 36.4 Å². The van der Waals surface area contributed by atoms with Gasteiger partial charge in [-0.15, -0.1) is 12.4 Å². The summed E-state index contributed by atoms with van der Waals surface area (Å²) in [6.45, 7) is 5.72. The van der Waals surface area contributed by atoms with Crippen LogP contribution in [-0.2, 0) is 4.79 Å². The first-order chi connectivity index (χ1) is 9.38. The molecule has 1 aromatic rings. The van der Waals surface area contributed by atoms with Gasteiger partial charge in [0.1, 0.15) is 5.75 Å². The van der Waals surface area contributed by atoms with Crippen LogP contribution in [0, 0.1) is 8.99 Å². The van der Waals surface area contributed by atoms with Crippen LogP contribution in [0.1, 0.15) is 20.3 Å². The number of hydrogen-bond acceptors (Lipinski definition) is 3. The lowest BCUT2D eigenvalue weighted by atomic mass is 9.80.